The molecule has 2 aromatic carbocycles. The van der Waals surface area contributed by atoms with Gasteiger partial charge in [-0.3, -0.25) is 4.79 Å². The van der Waals surface area contributed by atoms with Gasteiger partial charge in [-0.1, -0.05) is 29.8 Å². The molecule has 6 nitrogen and oxygen atoms in total. The first-order valence-electron chi connectivity index (χ1n) is 8.43. The molecule has 0 aliphatic heterocycles. The van der Waals surface area contributed by atoms with E-state index in [2.05, 4.69) is 20.8 Å². The number of benzene rings is 2. The third kappa shape index (κ3) is 2.86. The topological polar surface area (TPSA) is 72.7 Å². The maximum atomic E-state index is 12.9. The number of aromatic nitrogens is 4. The second kappa shape index (κ2) is 6.21. The molecule has 1 aromatic heterocycles. The number of hydrogen-bond donors (Lipinski definition) is 1. The second-order valence-electron chi connectivity index (χ2n) is 6.68. The highest BCUT2D eigenvalue weighted by atomic mass is 35.5. The Balaban J connectivity index is 1.61. The van der Waals surface area contributed by atoms with Crippen molar-refractivity contribution in [1.82, 2.24) is 20.2 Å². The molecule has 1 fully saturated rings. The molecule has 1 aliphatic carbocycles. The maximum Gasteiger partial charge on any atom is 0.235 e. The Hall–Kier alpha value is -2.73. The molecular weight excluding hydrogens is 350 g/mol. The molecule has 0 bridgehead atoms. The SMILES string of the molecule is Cc1ccc(NC(=O)C2(c3ccc(Cl)cc3)CC2)cc1-n1nnnc1C. The normalized spacial score (nSPS) is 14.9. The molecule has 7 heteroatoms. The van der Waals surface area contributed by atoms with E-state index in [9.17, 15) is 4.79 Å². The van der Waals surface area contributed by atoms with Crippen molar-refractivity contribution in [3.05, 3.63) is 64.4 Å². The van der Waals surface area contributed by atoms with Crippen molar-refractivity contribution in [2.75, 3.05) is 5.32 Å². The summed E-state index contributed by atoms with van der Waals surface area (Å²) in [6, 6.07) is 13.3. The highest BCUT2D eigenvalue weighted by molar-refractivity contribution is 6.30. The van der Waals surface area contributed by atoms with Crippen LogP contribution in [0.1, 0.15) is 29.8 Å². The average Bonchev–Trinajstić information content (AvgIpc) is 3.33. The lowest BCUT2D eigenvalue weighted by Crippen LogP contribution is -2.27. The Morgan fingerprint density at radius 1 is 1.15 bits per heavy atom. The lowest BCUT2D eigenvalue weighted by atomic mass is 9.95. The lowest BCUT2D eigenvalue weighted by molar-refractivity contribution is -0.118. The van der Waals surface area contributed by atoms with Crippen LogP contribution in [0.15, 0.2) is 42.5 Å². The van der Waals surface area contributed by atoms with Gasteiger partial charge in [-0.15, -0.1) is 5.10 Å². The molecule has 0 saturated heterocycles. The van der Waals surface area contributed by atoms with Crippen LogP contribution in [-0.4, -0.2) is 26.1 Å². The summed E-state index contributed by atoms with van der Waals surface area (Å²) in [6.07, 6.45) is 1.68. The Morgan fingerprint density at radius 2 is 1.88 bits per heavy atom. The van der Waals surface area contributed by atoms with Crippen LogP contribution in [0.3, 0.4) is 0 Å². The van der Waals surface area contributed by atoms with E-state index < -0.39 is 5.41 Å². The minimum atomic E-state index is -0.458. The summed E-state index contributed by atoms with van der Waals surface area (Å²) in [7, 11) is 0. The van der Waals surface area contributed by atoms with Crippen molar-refractivity contribution in [3.63, 3.8) is 0 Å². The van der Waals surface area contributed by atoms with E-state index in [0.717, 1.165) is 35.3 Å². The van der Waals surface area contributed by atoms with Crippen molar-refractivity contribution in [3.8, 4) is 5.69 Å². The van der Waals surface area contributed by atoms with Gasteiger partial charge in [0.1, 0.15) is 0 Å². The van der Waals surface area contributed by atoms with Crippen molar-refractivity contribution in [2.24, 2.45) is 0 Å². The monoisotopic (exact) mass is 367 g/mol. The number of nitrogens with one attached hydrogen (secondary N) is 1. The molecular formula is C19H18ClN5O. The van der Waals surface area contributed by atoms with Gasteiger partial charge in [-0.2, -0.15) is 4.68 Å². The third-order valence-corrected chi connectivity index (χ3v) is 5.15. The summed E-state index contributed by atoms with van der Waals surface area (Å²) in [4.78, 5) is 12.9. The number of carbonyl (C=O) groups is 1. The van der Waals surface area contributed by atoms with Gasteiger partial charge in [0.15, 0.2) is 5.82 Å². The largest absolute Gasteiger partial charge is 0.325 e. The van der Waals surface area contributed by atoms with Crippen LogP contribution in [0, 0.1) is 13.8 Å². The van der Waals surface area contributed by atoms with E-state index in [4.69, 9.17) is 11.6 Å². The van der Waals surface area contributed by atoms with Crippen molar-refractivity contribution >= 4 is 23.2 Å². The molecule has 4 rings (SSSR count). The highest BCUT2D eigenvalue weighted by Crippen LogP contribution is 2.49. The zero-order valence-corrected chi connectivity index (χ0v) is 15.3. The summed E-state index contributed by atoms with van der Waals surface area (Å²) in [5.74, 6) is 0.694. The fourth-order valence-corrected chi connectivity index (χ4v) is 3.29. The first-order valence-corrected chi connectivity index (χ1v) is 8.81. The lowest BCUT2D eigenvalue weighted by Gasteiger charge is -2.17. The van der Waals surface area contributed by atoms with E-state index in [1.54, 1.807) is 4.68 Å². The molecule has 3 aromatic rings. The van der Waals surface area contributed by atoms with Gasteiger partial charge in [-0.25, -0.2) is 0 Å². The zero-order chi connectivity index (χ0) is 18.3. The Kier molecular flexibility index (Phi) is 4.00. The van der Waals surface area contributed by atoms with Crippen LogP contribution in [-0.2, 0) is 10.2 Å². The van der Waals surface area contributed by atoms with Crippen LogP contribution in [0.4, 0.5) is 5.69 Å². The zero-order valence-electron chi connectivity index (χ0n) is 14.5. The van der Waals surface area contributed by atoms with Crippen LogP contribution >= 0.6 is 11.6 Å². The average molecular weight is 368 g/mol. The number of nitrogens with zero attached hydrogens (tertiary/aromatic N) is 4. The Morgan fingerprint density at radius 3 is 2.50 bits per heavy atom. The molecule has 1 heterocycles. The number of carbonyl (C=O) groups excluding carboxylic acids is 1. The van der Waals surface area contributed by atoms with Crippen LogP contribution < -0.4 is 5.32 Å². The number of halogens is 1. The highest BCUT2D eigenvalue weighted by Gasteiger charge is 2.51. The molecule has 26 heavy (non-hydrogen) atoms. The molecule has 0 unspecified atom stereocenters. The minimum absolute atomic E-state index is 0.00284. The van der Waals surface area contributed by atoms with Gasteiger partial charge in [-0.05, 0) is 72.5 Å². The number of hydrogen-bond acceptors (Lipinski definition) is 4. The number of rotatable bonds is 4. The fourth-order valence-electron chi connectivity index (χ4n) is 3.16. The van der Waals surface area contributed by atoms with E-state index in [-0.39, 0.29) is 5.91 Å². The quantitative estimate of drug-likeness (QED) is 0.764. The molecule has 1 saturated carbocycles. The van der Waals surface area contributed by atoms with Crippen molar-refractivity contribution in [2.45, 2.75) is 32.1 Å². The number of aryl methyl sites for hydroxylation is 2. The van der Waals surface area contributed by atoms with E-state index >= 15 is 0 Å². The fraction of sp³-hybridized carbons (Fsp3) is 0.263. The van der Waals surface area contributed by atoms with Crippen LogP contribution in [0.2, 0.25) is 5.02 Å². The van der Waals surface area contributed by atoms with Crippen molar-refractivity contribution < 1.29 is 4.79 Å². The number of tetrazole rings is 1. The van der Waals surface area contributed by atoms with Gasteiger partial charge in [0.25, 0.3) is 0 Å². The minimum Gasteiger partial charge on any atom is -0.325 e. The second-order valence-corrected chi connectivity index (χ2v) is 7.12. The van der Waals surface area contributed by atoms with Gasteiger partial charge in [0, 0.05) is 10.7 Å². The maximum absolute atomic E-state index is 12.9. The van der Waals surface area contributed by atoms with Gasteiger partial charge >= 0.3 is 0 Å². The standard InChI is InChI=1S/C19H18ClN5O/c1-12-3-8-16(11-17(12)25-13(2)22-23-24-25)21-18(26)19(9-10-19)14-4-6-15(20)7-5-14/h3-8,11H,9-10H2,1-2H3,(H,21,26). The van der Waals surface area contributed by atoms with Gasteiger partial charge < -0.3 is 5.32 Å². The molecule has 0 spiro atoms. The predicted octanol–water partition coefficient (Wildman–Crippen LogP) is 3.60. The predicted molar refractivity (Wildman–Crippen MR) is 99.6 cm³/mol. The number of amides is 1. The van der Waals surface area contributed by atoms with Crippen molar-refractivity contribution in [1.29, 1.82) is 0 Å². The summed E-state index contributed by atoms with van der Waals surface area (Å²) >= 11 is 5.97. The molecule has 0 radical (unpaired) electrons. The van der Waals surface area contributed by atoms with Crippen LogP contribution in [0.25, 0.3) is 5.69 Å². The first-order chi connectivity index (χ1) is 12.5. The summed E-state index contributed by atoms with van der Waals surface area (Å²) < 4.78 is 1.66. The van der Waals surface area contributed by atoms with E-state index in [1.807, 2.05) is 56.3 Å². The number of anilines is 1. The Bertz CT molecular complexity index is 976. The Labute approximate surface area is 156 Å². The van der Waals surface area contributed by atoms with Gasteiger partial charge in [0.2, 0.25) is 5.91 Å². The third-order valence-electron chi connectivity index (χ3n) is 4.90. The summed E-state index contributed by atoms with van der Waals surface area (Å²) in [5, 5.41) is 15.4. The van der Waals surface area contributed by atoms with Crippen LogP contribution in [0.5, 0.6) is 0 Å². The molecule has 1 amide bonds. The summed E-state index contributed by atoms with van der Waals surface area (Å²) in [5.41, 5.74) is 3.15. The smallest absolute Gasteiger partial charge is 0.235 e. The van der Waals surface area contributed by atoms with E-state index in [1.165, 1.54) is 0 Å². The molecule has 1 N–H and O–H groups in total. The van der Waals surface area contributed by atoms with Gasteiger partial charge in [0.05, 0.1) is 11.1 Å². The molecule has 0 atom stereocenters. The molecule has 1 aliphatic rings. The first kappa shape index (κ1) is 16.7. The molecule has 132 valence electrons. The summed E-state index contributed by atoms with van der Waals surface area (Å²) in [6.45, 7) is 3.82. The van der Waals surface area contributed by atoms with E-state index in [0.29, 0.717) is 10.8 Å².